The van der Waals surface area contributed by atoms with Gasteiger partial charge in [-0.3, -0.25) is 9.20 Å². The van der Waals surface area contributed by atoms with E-state index in [1.165, 1.54) is 5.56 Å². The predicted octanol–water partition coefficient (Wildman–Crippen LogP) is 3.49. The maximum Gasteiger partial charge on any atom is 0.261 e. The molecule has 0 saturated heterocycles. The minimum Gasteiger partial charge on any atom is -0.269 e. The summed E-state index contributed by atoms with van der Waals surface area (Å²) in [7, 11) is 0. The van der Waals surface area contributed by atoms with E-state index in [9.17, 15) is 4.79 Å². The Labute approximate surface area is 123 Å². The summed E-state index contributed by atoms with van der Waals surface area (Å²) in [5, 5.41) is 0. The first-order valence-electron chi connectivity index (χ1n) is 7.34. The number of hydrogen-bond acceptors (Lipinski definition) is 2. The molecule has 0 saturated carbocycles. The van der Waals surface area contributed by atoms with Crippen LogP contribution in [0, 0.1) is 0 Å². The van der Waals surface area contributed by atoms with Crippen molar-refractivity contribution in [1.82, 2.24) is 9.38 Å². The summed E-state index contributed by atoms with van der Waals surface area (Å²) >= 11 is 0. The largest absolute Gasteiger partial charge is 0.269 e. The molecule has 0 atom stereocenters. The van der Waals surface area contributed by atoms with Crippen LogP contribution in [0.2, 0.25) is 0 Å². The van der Waals surface area contributed by atoms with E-state index in [0.717, 1.165) is 28.9 Å². The molecule has 0 fully saturated rings. The lowest BCUT2D eigenvalue weighted by Gasteiger charge is -2.10. The first kappa shape index (κ1) is 13.6. The van der Waals surface area contributed by atoms with Gasteiger partial charge in [0.1, 0.15) is 5.65 Å². The Hall–Kier alpha value is -2.42. The Morgan fingerprint density at radius 3 is 2.48 bits per heavy atom. The highest BCUT2D eigenvalue weighted by atomic mass is 16.1. The van der Waals surface area contributed by atoms with E-state index < -0.39 is 0 Å². The summed E-state index contributed by atoms with van der Waals surface area (Å²) < 4.78 is 1.64. The molecule has 0 unspecified atom stereocenters. The van der Waals surface area contributed by atoms with Crippen molar-refractivity contribution in [2.75, 3.05) is 0 Å². The summed E-state index contributed by atoms with van der Waals surface area (Å²) in [6.45, 7) is 4.10. The number of fused-ring (bicyclic) bond motifs is 1. The smallest absolute Gasteiger partial charge is 0.261 e. The lowest BCUT2D eigenvalue weighted by atomic mass is 10.0. The second-order valence-corrected chi connectivity index (χ2v) is 5.08. The molecule has 3 rings (SSSR count). The topological polar surface area (TPSA) is 34.4 Å². The van der Waals surface area contributed by atoms with E-state index >= 15 is 0 Å². The van der Waals surface area contributed by atoms with E-state index in [-0.39, 0.29) is 5.56 Å². The summed E-state index contributed by atoms with van der Waals surface area (Å²) in [5.74, 6) is 0. The van der Waals surface area contributed by atoms with Crippen molar-refractivity contribution in [2.24, 2.45) is 0 Å². The number of rotatable bonds is 3. The Kier molecular flexibility index (Phi) is 3.57. The number of hydrogen-bond donors (Lipinski definition) is 0. The molecule has 106 valence electrons. The summed E-state index contributed by atoms with van der Waals surface area (Å²) in [6, 6.07) is 13.9. The molecule has 0 amide bonds. The number of aromatic nitrogens is 2. The molecule has 0 N–H and O–H groups in total. The summed E-state index contributed by atoms with van der Waals surface area (Å²) in [4.78, 5) is 17.4. The fourth-order valence-electron chi connectivity index (χ4n) is 2.59. The van der Waals surface area contributed by atoms with E-state index in [0.29, 0.717) is 6.42 Å². The average molecular weight is 278 g/mol. The summed E-state index contributed by atoms with van der Waals surface area (Å²) in [5.41, 5.74) is 4.50. The zero-order chi connectivity index (χ0) is 14.8. The first-order valence-corrected chi connectivity index (χ1v) is 7.34. The zero-order valence-corrected chi connectivity index (χ0v) is 12.3. The Balaban J connectivity index is 2.35. The van der Waals surface area contributed by atoms with E-state index in [2.05, 4.69) is 6.92 Å². The molecule has 1 aromatic carbocycles. The number of nitrogens with zero attached hydrogens (tertiary/aromatic N) is 2. The minimum absolute atomic E-state index is 0.0315. The van der Waals surface area contributed by atoms with E-state index in [1.807, 2.05) is 55.6 Å². The van der Waals surface area contributed by atoms with Crippen LogP contribution in [0.1, 0.15) is 25.0 Å². The summed E-state index contributed by atoms with van der Waals surface area (Å²) in [6.07, 6.45) is 3.44. The monoisotopic (exact) mass is 278 g/mol. The van der Waals surface area contributed by atoms with Gasteiger partial charge >= 0.3 is 0 Å². The molecule has 0 radical (unpaired) electrons. The molecule has 3 nitrogen and oxygen atoms in total. The Morgan fingerprint density at radius 2 is 1.81 bits per heavy atom. The van der Waals surface area contributed by atoms with Gasteiger partial charge in [-0.15, -0.1) is 0 Å². The zero-order valence-electron chi connectivity index (χ0n) is 12.3. The first-order chi connectivity index (χ1) is 10.2. The lowest BCUT2D eigenvalue weighted by Crippen LogP contribution is -2.20. The van der Waals surface area contributed by atoms with Gasteiger partial charge in [0.2, 0.25) is 0 Å². The second-order valence-electron chi connectivity index (χ2n) is 5.08. The third-order valence-electron chi connectivity index (χ3n) is 3.80. The average Bonchev–Trinajstić information content (AvgIpc) is 2.55. The SMILES string of the molecule is CCc1ccn2c(=O)c(CC)c(-c3ccccc3)nc2c1. The number of benzene rings is 1. The number of pyridine rings is 1. The van der Waals surface area contributed by atoms with Crippen LogP contribution >= 0.6 is 0 Å². The lowest BCUT2D eigenvalue weighted by molar-refractivity contribution is 0.962. The van der Waals surface area contributed by atoms with Crippen LogP contribution in [0.3, 0.4) is 0 Å². The van der Waals surface area contributed by atoms with Crippen LogP contribution in [-0.4, -0.2) is 9.38 Å². The van der Waals surface area contributed by atoms with Gasteiger partial charge in [0.25, 0.3) is 5.56 Å². The highest BCUT2D eigenvalue weighted by molar-refractivity contribution is 5.65. The molecule has 3 heteroatoms. The van der Waals surface area contributed by atoms with Gasteiger partial charge in [0.15, 0.2) is 0 Å². The van der Waals surface area contributed by atoms with Crippen molar-refractivity contribution < 1.29 is 0 Å². The standard InChI is InChI=1S/C18H18N2O/c1-3-13-10-11-20-16(12-13)19-17(15(4-2)18(20)21)14-8-6-5-7-9-14/h5-12H,3-4H2,1-2H3. The van der Waals surface area contributed by atoms with Crippen molar-refractivity contribution in [3.63, 3.8) is 0 Å². The third-order valence-corrected chi connectivity index (χ3v) is 3.80. The van der Waals surface area contributed by atoms with E-state index in [4.69, 9.17) is 4.98 Å². The maximum absolute atomic E-state index is 12.7. The van der Waals surface area contributed by atoms with Gasteiger partial charge < -0.3 is 0 Å². The van der Waals surface area contributed by atoms with Gasteiger partial charge in [0, 0.05) is 17.3 Å². The van der Waals surface area contributed by atoms with Crippen LogP contribution in [0.5, 0.6) is 0 Å². The van der Waals surface area contributed by atoms with Gasteiger partial charge in [0.05, 0.1) is 5.69 Å². The fourth-order valence-corrected chi connectivity index (χ4v) is 2.59. The van der Waals surface area contributed by atoms with Crippen molar-refractivity contribution in [1.29, 1.82) is 0 Å². The van der Waals surface area contributed by atoms with Gasteiger partial charge in [-0.05, 0) is 30.5 Å². The van der Waals surface area contributed by atoms with Crippen molar-refractivity contribution in [2.45, 2.75) is 26.7 Å². The van der Waals surface area contributed by atoms with Crippen LogP contribution in [0.15, 0.2) is 53.5 Å². The van der Waals surface area contributed by atoms with Crippen LogP contribution in [0.4, 0.5) is 0 Å². The van der Waals surface area contributed by atoms with Gasteiger partial charge in [-0.2, -0.15) is 0 Å². The van der Waals surface area contributed by atoms with Crippen molar-refractivity contribution >= 4 is 5.65 Å². The highest BCUT2D eigenvalue weighted by Gasteiger charge is 2.12. The molecule has 0 aliphatic rings. The quantitative estimate of drug-likeness (QED) is 0.735. The fraction of sp³-hybridized carbons (Fsp3) is 0.222. The predicted molar refractivity (Wildman–Crippen MR) is 85.7 cm³/mol. The molecule has 21 heavy (non-hydrogen) atoms. The van der Waals surface area contributed by atoms with Crippen LogP contribution in [0.25, 0.3) is 16.9 Å². The minimum atomic E-state index is 0.0315. The van der Waals surface area contributed by atoms with Gasteiger partial charge in [-0.25, -0.2) is 4.98 Å². The molecular formula is C18H18N2O. The Bertz CT molecular complexity index is 835. The molecule has 3 aromatic rings. The third kappa shape index (κ3) is 2.35. The molecule has 2 aromatic heterocycles. The van der Waals surface area contributed by atoms with Crippen molar-refractivity contribution in [3.05, 3.63) is 70.1 Å². The number of aryl methyl sites for hydroxylation is 1. The molecule has 0 aliphatic heterocycles. The molecule has 2 heterocycles. The van der Waals surface area contributed by atoms with Crippen molar-refractivity contribution in [3.8, 4) is 11.3 Å². The Morgan fingerprint density at radius 1 is 1.05 bits per heavy atom. The van der Waals surface area contributed by atoms with Crippen LogP contribution in [-0.2, 0) is 12.8 Å². The maximum atomic E-state index is 12.7. The molecule has 0 spiro atoms. The second kappa shape index (κ2) is 5.52. The van der Waals surface area contributed by atoms with Gasteiger partial charge in [-0.1, -0.05) is 44.2 Å². The molecule has 0 bridgehead atoms. The molecule has 0 aliphatic carbocycles. The normalized spacial score (nSPS) is 11.0. The van der Waals surface area contributed by atoms with E-state index in [1.54, 1.807) is 4.40 Å². The molecular weight excluding hydrogens is 260 g/mol. The highest BCUT2D eigenvalue weighted by Crippen LogP contribution is 2.20. The van der Waals surface area contributed by atoms with Crippen LogP contribution < -0.4 is 5.56 Å².